The number of amides is 4. The molecule has 40 heavy (non-hydrogen) atoms. The van der Waals surface area contributed by atoms with Crippen molar-refractivity contribution in [3.05, 3.63) is 59.2 Å². The highest BCUT2D eigenvalue weighted by Gasteiger charge is 2.28. The SMILES string of the molecule is C[C@H](NC(=O)C(=O)Nc1c(F)cccc1F)C(=O)N[C@@H](CCC(=O)NO)C(=O)COc1c(F)c(F)cc(F)c1F. The van der Waals surface area contributed by atoms with E-state index in [-0.39, 0.29) is 6.07 Å². The Labute approximate surface area is 220 Å². The summed E-state index contributed by atoms with van der Waals surface area (Å²) in [6.07, 6.45) is -1.14. The molecule has 2 aromatic carbocycles. The first-order valence-electron chi connectivity index (χ1n) is 11.0. The molecule has 2 aromatic rings. The average molecular weight is 578 g/mol. The Bertz CT molecular complexity index is 1280. The Morgan fingerprint density at radius 1 is 0.875 bits per heavy atom. The molecule has 0 aliphatic carbocycles. The van der Waals surface area contributed by atoms with Crippen LogP contribution in [0.1, 0.15) is 19.8 Å². The number of para-hydroxylation sites is 1. The van der Waals surface area contributed by atoms with Crippen molar-refractivity contribution in [1.29, 1.82) is 0 Å². The zero-order valence-electron chi connectivity index (χ0n) is 20.2. The van der Waals surface area contributed by atoms with Crippen LogP contribution in [0, 0.1) is 34.9 Å². The summed E-state index contributed by atoms with van der Waals surface area (Å²) in [6, 6.07) is -0.758. The van der Waals surface area contributed by atoms with Crippen molar-refractivity contribution in [3.63, 3.8) is 0 Å². The number of ketones is 1. The average Bonchev–Trinajstić information content (AvgIpc) is 2.91. The van der Waals surface area contributed by atoms with E-state index in [1.807, 2.05) is 5.32 Å². The molecule has 5 N–H and O–H groups in total. The quantitative estimate of drug-likeness (QED) is 0.0885. The lowest BCUT2D eigenvalue weighted by atomic mass is 10.1. The Kier molecular flexibility index (Phi) is 11.0. The van der Waals surface area contributed by atoms with Crippen molar-refractivity contribution in [2.24, 2.45) is 0 Å². The van der Waals surface area contributed by atoms with Gasteiger partial charge in [0.15, 0.2) is 23.2 Å². The minimum absolute atomic E-state index is 0.0985. The van der Waals surface area contributed by atoms with Crippen LogP contribution in [0.15, 0.2) is 24.3 Å². The molecule has 4 amide bonds. The number of Topliss-reactive ketones (excluding diaryl/α,β-unsaturated/α-hetero) is 1. The van der Waals surface area contributed by atoms with Gasteiger partial charge in [-0.15, -0.1) is 0 Å². The fraction of sp³-hybridized carbons (Fsp3) is 0.261. The summed E-state index contributed by atoms with van der Waals surface area (Å²) in [5.41, 5.74) is 0.324. The van der Waals surface area contributed by atoms with E-state index in [2.05, 4.69) is 10.1 Å². The number of hydrogen-bond donors (Lipinski definition) is 5. The number of benzene rings is 2. The van der Waals surface area contributed by atoms with Gasteiger partial charge in [0.05, 0.1) is 6.04 Å². The molecule has 0 saturated carbocycles. The van der Waals surface area contributed by atoms with E-state index in [9.17, 15) is 50.3 Å². The number of ether oxygens (including phenoxy) is 1. The van der Waals surface area contributed by atoms with Gasteiger partial charge in [-0.3, -0.25) is 29.2 Å². The number of nitrogens with one attached hydrogen (secondary N) is 4. The summed E-state index contributed by atoms with van der Waals surface area (Å²) >= 11 is 0. The molecule has 0 aliphatic rings. The van der Waals surface area contributed by atoms with Gasteiger partial charge in [-0.05, 0) is 25.5 Å². The third-order valence-electron chi connectivity index (χ3n) is 5.07. The molecule has 0 saturated heterocycles. The van der Waals surface area contributed by atoms with Crippen LogP contribution in [0.3, 0.4) is 0 Å². The highest BCUT2D eigenvalue weighted by Crippen LogP contribution is 2.26. The van der Waals surface area contributed by atoms with Gasteiger partial charge in [-0.2, -0.15) is 8.78 Å². The Balaban J connectivity index is 2.08. The summed E-state index contributed by atoms with van der Waals surface area (Å²) in [6.45, 7) is -0.233. The summed E-state index contributed by atoms with van der Waals surface area (Å²) in [4.78, 5) is 60.6. The van der Waals surface area contributed by atoms with Crippen molar-refractivity contribution < 1.29 is 60.3 Å². The number of carbonyl (C=O) groups is 5. The van der Waals surface area contributed by atoms with Crippen molar-refractivity contribution in [1.82, 2.24) is 16.1 Å². The van der Waals surface area contributed by atoms with Crippen LogP contribution in [0.2, 0.25) is 0 Å². The fourth-order valence-corrected chi connectivity index (χ4v) is 2.98. The van der Waals surface area contributed by atoms with Gasteiger partial charge in [0.25, 0.3) is 0 Å². The minimum Gasteiger partial charge on any atom is -0.479 e. The number of halogens is 6. The number of carbonyl (C=O) groups excluding carboxylic acids is 5. The maximum absolute atomic E-state index is 13.8. The molecule has 216 valence electrons. The monoisotopic (exact) mass is 578 g/mol. The van der Waals surface area contributed by atoms with Crippen LogP contribution >= 0.6 is 0 Å². The van der Waals surface area contributed by atoms with Crippen LogP contribution in [0.5, 0.6) is 5.75 Å². The third kappa shape index (κ3) is 8.16. The van der Waals surface area contributed by atoms with E-state index in [4.69, 9.17) is 5.21 Å². The van der Waals surface area contributed by atoms with Gasteiger partial charge < -0.3 is 20.7 Å². The highest BCUT2D eigenvalue weighted by atomic mass is 19.2. The summed E-state index contributed by atoms with van der Waals surface area (Å²) in [7, 11) is 0. The Morgan fingerprint density at radius 2 is 1.45 bits per heavy atom. The van der Waals surface area contributed by atoms with Gasteiger partial charge in [-0.1, -0.05) is 6.07 Å². The van der Waals surface area contributed by atoms with Crippen LogP contribution in [-0.4, -0.2) is 53.3 Å². The van der Waals surface area contributed by atoms with E-state index < -0.39 is 107 Å². The third-order valence-corrected chi connectivity index (χ3v) is 5.07. The Hall–Kier alpha value is -4.67. The number of rotatable bonds is 11. The maximum atomic E-state index is 13.8. The van der Waals surface area contributed by atoms with Crippen LogP contribution < -0.4 is 26.2 Å². The maximum Gasteiger partial charge on any atom is 0.313 e. The van der Waals surface area contributed by atoms with Crippen LogP contribution in [0.4, 0.5) is 32.0 Å². The van der Waals surface area contributed by atoms with Gasteiger partial charge in [0.2, 0.25) is 23.4 Å². The first-order chi connectivity index (χ1) is 18.8. The first kappa shape index (κ1) is 31.5. The molecule has 0 heterocycles. The van der Waals surface area contributed by atoms with Gasteiger partial charge in [0.1, 0.15) is 30.0 Å². The predicted octanol–water partition coefficient (Wildman–Crippen LogP) is 1.38. The molecular weight excluding hydrogens is 558 g/mol. The van der Waals surface area contributed by atoms with Gasteiger partial charge in [-0.25, -0.2) is 23.0 Å². The van der Waals surface area contributed by atoms with Crippen molar-refractivity contribution >= 4 is 35.1 Å². The largest absolute Gasteiger partial charge is 0.479 e. The lowest BCUT2D eigenvalue weighted by Gasteiger charge is -2.21. The van der Waals surface area contributed by atoms with E-state index in [1.54, 1.807) is 5.32 Å². The molecule has 0 bridgehead atoms. The van der Waals surface area contributed by atoms with E-state index in [0.717, 1.165) is 25.1 Å². The normalized spacial score (nSPS) is 12.1. The molecule has 2 atom stereocenters. The number of anilines is 1. The molecule has 0 unspecified atom stereocenters. The van der Waals surface area contributed by atoms with Crippen molar-refractivity contribution in [2.75, 3.05) is 11.9 Å². The fourth-order valence-electron chi connectivity index (χ4n) is 2.98. The second kappa shape index (κ2) is 13.9. The molecular formula is C23H20F6N4O7. The lowest BCUT2D eigenvalue weighted by molar-refractivity contribution is -0.138. The molecule has 0 aliphatic heterocycles. The minimum atomic E-state index is -1.95. The van der Waals surface area contributed by atoms with Crippen LogP contribution in [-0.2, 0) is 24.0 Å². The van der Waals surface area contributed by atoms with Crippen molar-refractivity contribution in [3.8, 4) is 5.75 Å². The smallest absolute Gasteiger partial charge is 0.313 e. The standard InChI is InChI=1S/C23H20F6N4O7/c1-9(30-22(37)23(38)32-19-10(24)3-2-4-11(19)25)21(36)31-14(5-6-16(35)33-39)15(34)8-40-20-17(28)12(26)7-13(27)18(20)29/h2-4,7,9,14,39H,5-6,8H2,1H3,(H,30,37)(H,31,36)(H,32,38)(H,33,35)/t9-,14-/m0/s1. The molecule has 11 nitrogen and oxygen atoms in total. The molecule has 0 aromatic heterocycles. The summed E-state index contributed by atoms with van der Waals surface area (Å²) < 4.78 is 86.2. The van der Waals surface area contributed by atoms with Crippen molar-refractivity contribution in [2.45, 2.75) is 31.8 Å². The highest BCUT2D eigenvalue weighted by molar-refractivity contribution is 6.40. The molecule has 2 rings (SSSR count). The summed E-state index contributed by atoms with van der Waals surface area (Å²) in [5.74, 6) is -17.9. The Morgan fingerprint density at radius 3 is 2.00 bits per heavy atom. The zero-order chi connectivity index (χ0) is 30.1. The second-order valence-electron chi connectivity index (χ2n) is 7.93. The molecule has 0 fully saturated rings. The first-order valence-corrected chi connectivity index (χ1v) is 11.0. The number of hydroxylamine groups is 1. The van der Waals surface area contributed by atoms with Crippen LogP contribution in [0.25, 0.3) is 0 Å². The molecule has 17 heteroatoms. The second-order valence-corrected chi connectivity index (χ2v) is 7.93. The molecule has 0 radical (unpaired) electrons. The topological polar surface area (TPSA) is 163 Å². The van der Waals surface area contributed by atoms with E-state index in [1.165, 1.54) is 5.48 Å². The predicted molar refractivity (Wildman–Crippen MR) is 120 cm³/mol. The summed E-state index contributed by atoms with van der Waals surface area (Å²) in [5, 5.41) is 14.3. The zero-order valence-corrected chi connectivity index (χ0v) is 20.2. The molecule has 0 spiro atoms. The van der Waals surface area contributed by atoms with E-state index >= 15 is 0 Å². The lowest BCUT2D eigenvalue weighted by Crippen LogP contribution is -2.52. The number of hydrogen-bond acceptors (Lipinski definition) is 7. The van der Waals surface area contributed by atoms with E-state index in [0.29, 0.717) is 0 Å². The van der Waals surface area contributed by atoms with Gasteiger partial charge in [0, 0.05) is 12.5 Å². The van der Waals surface area contributed by atoms with Gasteiger partial charge >= 0.3 is 11.8 Å².